The lowest BCUT2D eigenvalue weighted by molar-refractivity contribution is -0.134. The van der Waals surface area contributed by atoms with Crippen molar-refractivity contribution in [3.63, 3.8) is 0 Å². The summed E-state index contributed by atoms with van der Waals surface area (Å²) >= 11 is 0. The summed E-state index contributed by atoms with van der Waals surface area (Å²) in [5, 5.41) is 6.89. The Morgan fingerprint density at radius 1 is 1.45 bits per heavy atom. The first-order valence-corrected chi connectivity index (χ1v) is 7.48. The van der Waals surface area contributed by atoms with Crippen LogP contribution in [0.2, 0.25) is 0 Å². The van der Waals surface area contributed by atoms with E-state index < -0.39 is 0 Å². The molecule has 3 heterocycles. The number of H-pyrrole nitrogens is 1. The fraction of sp³-hybridized carbons (Fsp3) is 0.438. The summed E-state index contributed by atoms with van der Waals surface area (Å²) in [5.41, 5.74) is 2.88. The molecule has 22 heavy (non-hydrogen) atoms. The van der Waals surface area contributed by atoms with Crippen molar-refractivity contribution in [2.24, 2.45) is 5.92 Å². The molecule has 116 valence electrons. The third kappa shape index (κ3) is 3.33. The number of carbonyl (C=O) groups is 1. The van der Waals surface area contributed by atoms with E-state index in [9.17, 15) is 4.79 Å². The molecule has 1 amide bonds. The number of nitrogens with zero attached hydrogens (tertiary/aromatic N) is 3. The summed E-state index contributed by atoms with van der Waals surface area (Å²) < 4.78 is 4.91. The second-order valence-corrected chi connectivity index (χ2v) is 5.62. The number of pyridine rings is 1. The Bertz CT molecular complexity index is 627. The van der Waals surface area contributed by atoms with E-state index in [1.165, 1.54) is 0 Å². The Kier molecular flexibility index (Phi) is 4.48. The van der Waals surface area contributed by atoms with Crippen LogP contribution in [-0.4, -0.2) is 52.8 Å². The van der Waals surface area contributed by atoms with Crippen molar-refractivity contribution in [3.05, 3.63) is 36.2 Å². The summed E-state index contributed by atoms with van der Waals surface area (Å²) in [4.78, 5) is 18.4. The van der Waals surface area contributed by atoms with Gasteiger partial charge in [-0.1, -0.05) is 6.07 Å². The third-order valence-electron chi connectivity index (χ3n) is 3.99. The first-order chi connectivity index (χ1) is 10.8. The first kappa shape index (κ1) is 14.7. The summed E-state index contributed by atoms with van der Waals surface area (Å²) in [6, 6.07) is 7.94. The minimum Gasteiger partial charge on any atom is -0.375 e. The molecule has 0 radical (unpaired) electrons. The Morgan fingerprint density at radius 2 is 2.36 bits per heavy atom. The number of rotatable bonds is 5. The van der Waals surface area contributed by atoms with Gasteiger partial charge in [0.2, 0.25) is 5.91 Å². The second-order valence-electron chi connectivity index (χ2n) is 5.62. The van der Waals surface area contributed by atoms with Gasteiger partial charge in [-0.05, 0) is 37.0 Å². The van der Waals surface area contributed by atoms with Gasteiger partial charge in [-0.15, -0.1) is 0 Å². The quantitative estimate of drug-likeness (QED) is 0.908. The first-order valence-electron chi connectivity index (χ1n) is 7.48. The van der Waals surface area contributed by atoms with Crippen LogP contribution in [0, 0.1) is 5.92 Å². The zero-order valence-electron chi connectivity index (χ0n) is 12.7. The SMILES string of the molecule is COCC(=O)N1CC[C@@H](Cc2cccc(-c3ccn[nH]3)n2)C1. The van der Waals surface area contributed by atoms with E-state index >= 15 is 0 Å². The van der Waals surface area contributed by atoms with Gasteiger partial charge < -0.3 is 9.64 Å². The molecule has 1 aliphatic heterocycles. The zero-order valence-corrected chi connectivity index (χ0v) is 12.7. The van der Waals surface area contributed by atoms with Gasteiger partial charge in [0, 0.05) is 32.1 Å². The highest BCUT2D eigenvalue weighted by molar-refractivity contribution is 5.77. The topological polar surface area (TPSA) is 71.1 Å². The van der Waals surface area contributed by atoms with Crippen molar-refractivity contribution in [1.29, 1.82) is 0 Å². The average molecular weight is 300 g/mol. The largest absolute Gasteiger partial charge is 0.375 e. The second kappa shape index (κ2) is 6.70. The van der Waals surface area contributed by atoms with Crippen molar-refractivity contribution in [2.45, 2.75) is 12.8 Å². The molecule has 0 unspecified atom stereocenters. The molecule has 3 rings (SSSR count). The highest BCUT2D eigenvalue weighted by atomic mass is 16.5. The van der Waals surface area contributed by atoms with Crippen LogP contribution in [-0.2, 0) is 16.0 Å². The van der Waals surface area contributed by atoms with E-state index in [0.717, 1.165) is 43.0 Å². The molecule has 1 N–H and O–H groups in total. The highest BCUT2D eigenvalue weighted by Gasteiger charge is 2.26. The summed E-state index contributed by atoms with van der Waals surface area (Å²) in [7, 11) is 1.55. The van der Waals surface area contributed by atoms with Crippen LogP contribution in [0.15, 0.2) is 30.5 Å². The van der Waals surface area contributed by atoms with Crippen LogP contribution in [0.5, 0.6) is 0 Å². The van der Waals surface area contributed by atoms with Crippen LogP contribution in [0.25, 0.3) is 11.4 Å². The number of hydrogen-bond donors (Lipinski definition) is 1. The van der Waals surface area contributed by atoms with Gasteiger partial charge in [-0.25, -0.2) is 0 Å². The summed E-state index contributed by atoms with van der Waals surface area (Å²) in [5.74, 6) is 0.537. The molecule has 1 atom stereocenters. The Balaban J connectivity index is 1.62. The van der Waals surface area contributed by atoms with Gasteiger partial charge in [-0.2, -0.15) is 5.10 Å². The molecule has 6 nitrogen and oxygen atoms in total. The predicted octanol–water partition coefficient (Wildman–Crippen LogP) is 1.51. The lowest BCUT2D eigenvalue weighted by atomic mass is 10.0. The van der Waals surface area contributed by atoms with Crippen LogP contribution >= 0.6 is 0 Å². The van der Waals surface area contributed by atoms with E-state index in [2.05, 4.69) is 15.2 Å². The molecule has 0 aromatic carbocycles. The van der Waals surface area contributed by atoms with Crippen LogP contribution in [0.4, 0.5) is 0 Å². The lowest BCUT2D eigenvalue weighted by Gasteiger charge is -2.16. The molecule has 2 aromatic rings. The van der Waals surface area contributed by atoms with E-state index in [0.29, 0.717) is 5.92 Å². The fourth-order valence-corrected chi connectivity index (χ4v) is 2.88. The van der Waals surface area contributed by atoms with Crippen LogP contribution in [0.1, 0.15) is 12.1 Å². The van der Waals surface area contributed by atoms with Crippen molar-refractivity contribution in [3.8, 4) is 11.4 Å². The number of likely N-dealkylation sites (tertiary alicyclic amines) is 1. The van der Waals surface area contributed by atoms with Crippen molar-refractivity contribution < 1.29 is 9.53 Å². The number of nitrogens with one attached hydrogen (secondary N) is 1. The molecular weight excluding hydrogens is 280 g/mol. The number of carbonyl (C=O) groups excluding carboxylic acids is 1. The maximum absolute atomic E-state index is 11.8. The molecular formula is C16H20N4O2. The average Bonchev–Trinajstić information content (AvgIpc) is 3.19. The number of ether oxygens (including phenoxy) is 1. The fourth-order valence-electron chi connectivity index (χ4n) is 2.88. The number of amides is 1. The van der Waals surface area contributed by atoms with E-state index in [1.54, 1.807) is 13.3 Å². The predicted molar refractivity (Wildman–Crippen MR) is 82.1 cm³/mol. The Labute approximate surface area is 129 Å². The number of aromatic nitrogens is 3. The normalized spacial score (nSPS) is 17.9. The van der Waals surface area contributed by atoms with Gasteiger partial charge >= 0.3 is 0 Å². The molecule has 1 saturated heterocycles. The van der Waals surface area contributed by atoms with E-state index in [-0.39, 0.29) is 12.5 Å². The monoisotopic (exact) mass is 300 g/mol. The summed E-state index contributed by atoms with van der Waals surface area (Å²) in [6.07, 6.45) is 3.63. The number of methoxy groups -OCH3 is 1. The highest BCUT2D eigenvalue weighted by Crippen LogP contribution is 2.21. The standard InChI is InChI=1S/C16H20N4O2/c1-22-11-16(21)20-8-6-12(10-20)9-13-3-2-4-14(18-13)15-5-7-17-19-15/h2-5,7,12H,6,8-11H2,1H3,(H,17,19)/t12-/m0/s1. The van der Waals surface area contributed by atoms with Crippen LogP contribution < -0.4 is 0 Å². The maximum atomic E-state index is 11.8. The van der Waals surface area contributed by atoms with Gasteiger partial charge in [-0.3, -0.25) is 14.9 Å². The number of hydrogen-bond acceptors (Lipinski definition) is 4. The van der Waals surface area contributed by atoms with Gasteiger partial charge in [0.15, 0.2) is 0 Å². The van der Waals surface area contributed by atoms with Crippen LogP contribution in [0.3, 0.4) is 0 Å². The van der Waals surface area contributed by atoms with Crippen molar-refractivity contribution in [2.75, 3.05) is 26.8 Å². The molecule has 0 spiro atoms. The van der Waals surface area contributed by atoms with Crippen molar-refractivity contribution in [1.82, 2.24) is 20.1 Å². The van der Waals surface area contributed by atoms with Gasteiger partial charge in [0.1, 0.15) is 6.61 Å². The number of aromatic amines is 1. The van der Waals surface area contributed by atoms with Gasteiger partial charge in [0.25, 0.3) is 0 Å². The van der Waals surface area contributed by atoms with E-state index in [1.807, 2.05) is 29.2 Å². The molecule has 6 heteroatoms. The molecule has 0 saturated carbocycles. The smallest absolute Gasteiger partial charge is 0.248 e. The maximum Gasteiger partial charge on any atom is 0.248 e. The Morgan fingerprint density at radius 3 is 3.14 bits per heavy atom. The Hall–Kier alpha value is -2.21. The zero-order chi connectivity index (χ0) is 15.4. The molecule has 0 bridgehead atoms. The molecule has 2 aromatic heterocycles. The lowest BCUT2D eigenvalue weighted by Crippen LogP contribution is -2.31. The third-order valence-corrected chi connectivity index (χ3v) is 3.99. The summed E-state index contributed by atoms with van der Waals surface area (Å²) in [6.45, 7) is 1.77. The molecule has 0 aliphatic carbocycles. The van der Waals surface area contributed by atoms with E-state index in [4.69, 9.17) is 4.74 Å². The van der Waals surface area contributed by atoms with Gasteiger partial charge in [0.05, 0.1) is 11.4 Å². The molecule has 1 fully saturated rings. The molecule has 1 aliphatic rings. The minimum absolute atomic E-state index is 0.0733. The van der Waals surface area contributed by atoms with Crippen molar-refractivity contribution >= 4 is 5.91 Å². The minimum atomic E-state index is 0.0733.